The largest absolute Gasteiger partial charge is 0.394 e. The zero-order valence-electron chi connectivity index (χ0n) is 11.2. The summed E-state index contributed by atoms with van der Waals surface area (Å²) in [6.07, 6.45) is -0.882. The first-order valence-corrected chi connectivity index (χ1v) is 6.34. The number of benzene rings is 1. The van der Waals surface area contributed by atoms with Gasteiger partial charge in [-0.3, -0.25) is 4.90 Å². The van der Waals surface area contributed by atoms with Crippen molar-refractivity contribution in [2.24, 2.45) is 0 Å². The van der Waals surface area contributed by atoms with Crippen LogP contribution in [0.25, 0.3) is 0 Å². The number of rotatable bonds is 3. The molecular weight excluding hydrogens is 297 g/mol. The standard InChI is InChI=1S/C13H14F5NO2/c1-6-2-19(3-7(5-20)21-6)4-8-9(14)11(16)13(18)12(17)10(8)15/h6-7,20H,2-5H2,1H3. The third kappa shape index (κ3) is 3.17. The van der Waals surface area contributed by atoms with E-state index in [1.54, 1.807) is 6.92 Å². The third-order valence-electron chi connectivity index (χ3n) is 3.29. The van der Waals surface area contributed by atoms with Gasteiger partial charge in [0.2, 0.25) is 5.82 Å². The molecule has 1 N–H and O–H groups in total. The van der Waals surface area contributed by atoms with Crippen LogP contribution >= 0.6 is 0 Å². The highest BCUT2D eigenvalue weighted by molar-refractivity contribution is 5.24. The highest BCUT2D eigenvalue weighted by Crippen LogP contribution is 2.25. The van der Waals surface area contributed by atoms with E-state index < -0.39 is 47.3 Å². The molecule has 0 amide bonds. The van der Waals surface area contributed by atoms with Gasteiger partial charge in [0.15, 0.2) is 23.3 Å². The smallest absolute Gasteiger partial charge is 0.200 e. The van der Waals surface area contributed by atoms with Crippen LogP contribution in [0.1, 0.15) is 12.5 Å². The maximum absolute atomic E-state index is 13.6. The molecule has 2 unspecified atom stereocenters. The lowest BCUT2D eigenvalue weighted by molar-refractivity contribution is -0.0976. The van der Waals surface area contributed by atoms with Crippen molar-refractivity contribution < 1.29 is 31.8 Å². The fourth-order valence-corrected chi connectivity index (χ4v) is 2.38. The van der Waals surface area contributed by atoms with E-state index in [1.165, 1.54) is 4.90 Å². The van der Waals surface area contributed by atoms with Gasteiger partial charge in [0, 0.05) is 25.2 Å². The number of aliphatic hydroxyl groups excluding tert-OH is 1. The molecule has 1 aliphatic rings. The minimum Gasteiger partial charge on any atom is -0.394 e. The Morgan fingerprint density at radius 3 is 2.05 bits per heavy atom. The quantitative estimate of drug-likeness (QED) is 0.526. The summed E-state index contributed by atoms with van der Waals surface area (Å²) in [5.41, 5.74) is -0.878. The van der Waals surface area contributed by atoms with Crippen LogP contribution in [0.5, 0.6) is 0 Å². The summed E-state index contributed by atoms with van der Waals surface area (Å²) >= 11 is 0. The number of hydrogen-bond acceptors (Lipinski definition) is 3. The Labute approximate surface area is 117 Å². The zero-order chi connectivity index (χ0) is 15.7. The Morgan fingerprint density at radius 2 is 1.52 bits per heavy atom. The molecule has 0 spiro atoms. The minimum absolute atomic E-state index is 0.139. The molecule has 1 aromatic rings. The Hall–Kier alpha value is -1.25. The van der Waals surface area contributed by atoms with Crippen molar-refractivity contribution in [3.8, 4) is 0 Å². The molecule has 0 aliphatic carbocycles. The second-order valence-corrected chi connectivity index (χ2v) is 4.99. The van der Waals surface area contributed by atoms with Gasteiger partial charge in [-0.15, -0.1) is 0 Å². The van der Waals surface area contributed by atoms with E-state index in [-0.39, 0.29) is 25.8 Å². The monoisotopic (exact) mass is 311 g/mol. The van der Waals surface area contributed by atoms with Gasteiger partial charge in [-0.25, -0.2) is 22.0 Å². The van der Waals surface area contributed by atoms with E-state index in [4.69, 9.17) is 9.84 Å². The fourth-order valence-electron chi connectivity index (χ4n) is 2.38. The van der Waals surface area contributed by atoms with Crippen LogP contribution in [-0.2, 0) is 11.3 Å². The van der Waals surface area contributed by atoms with Gasteiger partial charge in [0.25, 0.3) is 0 Å². The van der Waals surface area contributed by atoms with E-state index in [0.29, 0.717) is 0 Å². The molecule has 0 radical (unpaired) electrons. The summed E-state index contributed by atoms with van der Waals surface area (Å²) in [5.74, 6) is -9.73. The molecule has 1 heterocycles. The van der Waals surface area contributed by atoms with Gasteiger partial charge in [-0.2, -0.15) is 0 Å². The summed E-state index contributed by atoms with van der Waals surface area (Å²) in [6.45, 7) is 1.34. The number of hydrogen-bond donors (Lipinski definition) is 1. The molecule has 3 nitrogen and oxygen atoms in total. The predicted molar refractivity (Wildman–Crippen MR) is 62.9 cm³/mol. The first-order valence-electron chi connectivity index (χ1n) is 6.34. The predicted octanol–water partition coefficient (Wildman–Crippen LogP) is 1.96. The van der Waals surface area contributed by atoms with E-state index in [0.717, 1.165) is 0 Å². The van der Waals surface area contributed by atoms with E-state index in [9.17, 15) is 22.0 Å². The molecule has 8 heteroatoms. The molecule has 1 aliphatic heterocycles. The Bertz CT molecular complexity index is 511. The zero-order valence-corrected chi connectivity index (χ0v) is 11.2. The van der Waals surface area contributed by atoms with Gasteiger partial charge in [-0.05, 0) is 6.92 Å². The highest BCUT2D eigenvalue weighted by atomic mass is 19.2. The molecule has 0 bridgehead atoms. The number of halogens is 5. The SMILES string of the molecule is CC1CN(Cc2c(F)c(F)c(F)c(F)c2F)CC(CO)O1. The molecule has 21 heavy (non-hydrogen) atoms. The summed E-state index contributed by atoms with van der Waals surface area (Å²) < 4.78 is 71.8. The average Bonchev–Trinajstić information content (AvgIpc) is 2.47. The maximum atomic E-state index is 13.6. The first kappa shape index (κ1) is 16.1. The number of aliphatic hydroxyl groups is 1. The number of ether oxygens (including phenoxy) is 1. The highest BCUT2D eigenvalue weighted by Gasteiger charge is 2.30. The van der Waals surface area contributed by atoms with Crippen LogP contribution in [0.2, 0.25) is 0 Å². The van der Waals surface area contributed by atoms with Crippen molar-refractivity contribution in [1.29, 1.82) is 0 Å². The van der Waals surface area contributed by atoms with E-state index >= 15 is 0 Å². The number of nitrogens with zero attached hydrogens (tertiary/aromatic N) is 1. The van der Waals surface area contributed by atoms with E-state index in [2.05, 4.69) is 0 Å². The number of morpholine rings is 1. The summed E-state index contributed by atoms with van der Waals surface area (Å²) in [5, 5.41) is 9.06. The minimum atomic E-state index is -2.17. The van der Waals surface area contributed by atoms with Gasteiger partial charge in [-0.1, -0.05) is 0 Å². The van der Waals surface area contributed by atoms with Gasteiger partial charge >= 0.3 is 0 Å². The van der Waals surface area contributed by atoms with Crippen LogP contribution in [0.3, 0.4) is 0 Å². The second kappa shape index (κ2) is 6.25. The summed E-state index contributed by atoms with van der Waals surface area (Å²) in [4.78, 5) is 1.48. The lowest BCUT2D eigenvalue weighted by Gasteiger charge is -2.36. The Kier molecular flexibility index (Phi) is 4.80. The van der Waals surface area contributed by atoms with Crippen molar-refractivity contribution in [3.05, 3.63) is 34.6 Å². The Balaban J connectivity index is 2.27. The van der Waals surface area contributed by atoms with Crippen molar-refractivity contribution in [2.45, 2.75) is 25.7 Å². The maximum Gasteiger partial charge on any atom is 0.200 e. The van der Waals surface area contributed by atoms with Crippen LogP contribution in [0, 0.1) is 29.1 Å². The molecule has 0 aromatic heterocycles. The topological polar surface area (TPSA) is 32.7 Å². The lowest BCUT2D eigenvalue weighted by Crippen LogP contribution is -2.47. The first-order chi connectivity index (χ1) is 9.85. The molecule has 2 atom stereocenters. The molecular formula is C13H14F5NO2. The van der Waals surface area contributed by atoms with Gasteiger partial charge in [0.05, 0.1) is 18.8 Å². The van der Waals surface area contributed by atoms with Gasteiger partial charge in [0.1, 0.15) is 0 Å². The van der Waals surface area contributed by atoms with Crippen LogP contribution < -0.4 is 0 Å². The summed E-state index contributed by atoms with van der Waals surface area (Å²) in [6, 6.07) is 0. The lowest BCUT2D eigenvalue weighted by atomic mass is 10.1. The van der Waals surface area contributed by atoms with Crippen molar-refractivity contribution in [2.75, 3.05) is 19.7 Å². The van der Waals surface area contributed by atoms with Crippen molar-refractivity contribution in [1.82, 2.24) is 4.90 Å². The normalized spacial score (nSPS) is 23.6. The third-order valence-corrected chi connectivity index (χ3v) is 3.29. The van der Waals surface area contributed by atoms with Crippen LogP contribution in [-0.4, -0.2) is 41.9 Å². The average molecular weight is 311 g/mol. The molecule has 2 rings (SSSR count). The molecule has 1 aromatic carbocycles. The molecule has 1 saturated heterocycles. The van der Waals surface area contributed by atoms with Crippen molar-refractivity contribution >= 4 is 0 Å². The Morgan fingerprint density at radius 1 is 1.00 bits per heavy atom. The van der Waals surface area contributed by atoms with Crippen LogP contribution in [0.4, 0.5) is 22.0 Å². The van der Waals surface area contributed by atoms with E-state index in [1.807, 2.05) is 0 Å². The summed E-state index contributed by atoms with van der Waals surface area (Å²) in [7, 11) is 0. The molecule has 0 saturated carbocycles. The van der Waals surface area contributed by atoms with Crippen molar-refractivity contribution in [3.63, 3.8) is 0 Å². The molecule has 118 valence electrons. The molecule has 1 fully saturated rings. The van der Waals surface area contributed by atoms with Gasteiger partial charge < -0.3 is 9.84 Å². The van der Waals surface area contributed by atoms with Crippen LogP contribution in [0.15, 0.2) is 0 Å². The fraction of sp³-hybridized carbons (Fsp3) is 0.538. The second-order valence-electron chi connectivity index (χ2n) is 4.99.